The van der Waals surface area contributed by atoms with Gasteiger partial charge in [0.2, 0.25) is 0 Å². The van der Waals surface area contributed by atoms with Crippen molar-refractivity contribution in [3.05, 3.63) is 58.3 Å². The number of pyridine rings is 1. The first-order valence-corrected chi connectivity index (χ1v) is 8.31. The first kappa shape index (κ1) is 14.8. The lowest BCUT2D eigenvalue weighted by Crippen LogP contribution is -2.13. The van der Waals surface area contributed by atoms with Gasteiger partial charge in [-0.15, -0.1) is 0 Å². The van der Waals surface area contributed by atoms with Crippen LogP contribution < -0.4 is 5.43 Å². The monoisotopic (exact) mass is 293 g/mol. The predicted octanol–water partition coefficient (Wildman–Crippen LogP) is 4.91. The molecule has 22 heavy (non-hydrogen) atoms. The van der Waals surface area contributed by atoms with Gasteiger partial charge in [-0.3, -0.25) is 4.79 Å². The van der Waals surface area contributed by atoms with Crippen LogP contribution in [0.25, 0.3) is 21.8 Å². The van der Waals surface area contributed by atoms with Crippen LogP contribution >= 0.6 is 0 Å². The lowest BCUT2D eigenvalue weighted by molar-refractivity contribution is 0.662. The van der Waals surface area contributed by atoms with E-state index in [2.05, 4.69) is 42.7 Å². The quantitative estimate of drug-likeness (QED) is 0.613. The maximum atomic E-state index is 13.0. The average Bonchev–Trinajstić information content (AvgIpc) is 2.55. The highest BCUT2D eigenvalue weighted by Gasteiger charge is 2.12. The number of hydrogen-bond donors (Lipinski definition) is 0. The van der Waals surface area contributed by atoms with Crippen molar-refractivity contribution < 1.29 is 0 Å². The topological polar surface area (TPSA) is 22.0 Å². The molecule has 0 atom stereocenters. The van der Waals surface area contributed by atoms with E-state index in [0.29, 0.717) is 0 Å². The van der Waals surface area contributed by atoms with E-state index in [9.17, 15) is 4.79 Å². The fraction of sp³-hybridized carbons (Fsp3) is 0.350. The van der Waals surface area contributed by atoms with Gasteiger partial charge in [0.1, 0.15) is 0 Å². The highest BCUT2D eigenvalue weighted by atomic mass is 16.1. The van der Waals surface area contributed by atoms with E-state index in [0.717, 1.165) is 54.0 Å². The number of aryl methyl sites for hydroxylation is 2. The molecular formula is C20H23NO. The normalized spacial score (nSPS) is 11.4. The molecule has 0 fully saturated rings. The highest BCUT2D eigenvalue weighted by molar-refractivity contribution is 5.95. The van der Waals surface area contributed by atoms with E-state index in [1.54, 1.807) is 0 Å². The Kier molecular flexibility index (Phi) is 4.28. The zero-order valence-electron chi connectivity index (χ0n) is 13.4. The summed E-state index contributed by atoms with van der Waals surface area (Å²) < 4.78 is 2.33. The molecule has 1 heterocycles. The molecule has 0 aliphatic carbocycles. The molecule has 0 radical (unpaired) electrons. The molecule has 114 valence electrons. The van der Waals surface area contributed by atoms with Crippen molar-refractivity contribution in [1.29, 1.82) is 0 Å². The summed E-state index contributed by atoms with van der Waals surface area (Å²) in [6, 6.07) is 14.3. The van der Waals surface area contributed by atoms with Crippen LogP contribution in [0.3, 0.4) is 0 Å². The summed E-state index contributed by atoms with van der Waals surface area (Å²) in [7, 11) is 0. The number of aromatic nitrogens is 1. The van der Waals surface area contributed by atoms with Gasteiger partial charge >= 0.3 is 0 Å². The lowest BCUT2D eigenvalue weighted by atomic mass is 10.0. The standard InChI is InChI=1S/C20H23NO/c1-3-5-14-21-17-12-7-6-11-16(17)20(22)19-15(9-4-2)10-8-13-18(19)21/h6-8,10-13H,3-5,9,14H2,1-2H3. The molecule has 3 aromatic rings. The van der Waals surface area contributed by atoms with Gasteiger partial charge in [0.25, 0.3) is 0 Å². The summed E-state index contributed by atoms with van der Waals surface area (Å²) in [5.41, 5.74) is 3.51. The fourth-order valence-electron chi connectivity index (χ4n) is 3.27. The Balaban J connectivity index is 2.43. The fourth-order valence-corrected chi connectivity index (χ4v) is 3.27. The van der Waals surface area contributed by atoms with Crippen molar-refractivity contribution in [2.75, 3.05) is 0 Å². The molecule has 0 aliphatic heterocycles. The predicted molar refractivity (Wildman–Crippen MR) is 94.6 cm³/mol. The smallest absolute Gasteiger partial charge is 0.197 e. The van der Waals surface area contributed by atoms with Crippen molar-refractivity contribution in [3.8, 4) is 0 Å². The minimum Gasteiger partial charge on any atom is -0.340 e. The Morgan fingerprint density at radius 2 is 1.68 bits per heavy atom. The van der Waals surface area contributed by atoms with Crippen LogP contribution in [0.1, 0.15) is 38.7 Å². The van der Waals surface area contributed by atoms with Crippen molar-refractivity contribution in [1.82, 2.24) is 4.57 Å². The van der Waals surface area contributed by atoms with Crippen molar-refractivity contribution in [3.63, 3.8) is 0 Å². The molecule has 2 heteroatoms. The van der Waals surface area contributed by atoms with Gasteiger partial charge in [-0.1, -0.05) is 51.0 Å². The first-order chi connectivity index (χ1) is 10.8. The zero-order chi connectivity index (χ0) is 15.5. The van der Waals surface area contributed by atoms with Gasteiger partial charge in [0, 0.05) is 17.3 Å². The molecule has 0 bridgehead atoms. The average molecular weight is 293 g/mol. The molecular weight excluding hydrogens is 270 g/mol. The Morgan fingerprint density at radius 1 is 0.909 bits per heavy atom. The molecule has 0 spiro atoms. The third kappa shape index (κ3) is 2.43. The van der Waals surface area contributed by atoms with Crippen LogP contribution in [0, 0.1) is 0 Å². The van der Waals surface area contributed by atoms with E-state index in [4.69, 9.17) is 0 Å². The Bertz CT molecular complexity index is 861. The molecule has 0 N–H and O–H groups in total. The number of fused-ring (bicyclic) bond motifs is 2. The van der Waals surface area contributed by atoms with Crippen LogP contribution in [0.4, 0.5) is 0 Å². The number of unbranched alkanes of at least 4 members (excludes halogenated alkanes) is 1. The van der Waals surface area contributed by atoms with Gasteiger partial charge < -0.3 is 4.57 Å². The number of para-hydroxylation sites is 1. The lowest BCUT2D eigenvalue weighted by Gasteiger charge is -2.16. The summed E-state index contributed by atoms with van der Waals surface area (Å²) in [5, 5.41) is 1.76. The SMILES string of the molecule is CCCCn1c2ccccc2c(=O)c2c(CCC)cccc21. The van der Waals surface area contributed by atoms with Crippen LogP contribution in [0.2, 0.25) is 0 Å². The van der Waals surface area contributed by atoms with Gasteiger partial charge in [0.05, 0.1) is 11.0 Å². The Morgan fingerprint density at radius 3 is 2.45 bits per heavy atom. The molecule has 0 saturated heterocycles. The number of rotatable bonds is 5. The third-order valence-electron chi connectivity index (χ3n) is 4.34. The van der Waals surface area contributed by atoms with E-state index >= 15 is 0 Å². The molecule has 2 nitrogen and oxygen atoms in total. The van der Waals surface area contributed by atoms with Crippen molar-refractivity contribution in [2.45, 2.75) is 46.1 Å². The Hall–Kier alpha value is -2.09. The van der Waals surface area contributed by atoms with Gasteiger partial charge in [-0.05, 0) is 36.6 Å². The summed E-state index contributed by atoms with van der Waals surface area (Å²) in [6.07, 6.45) is 4.29. The van der Waals surface area contributed by atoms with Crippen LogP contribution in [0.15, 0.2) is 47.3 Å². The maximum Gasteiger partial charge on any atom is 0.197 e. The van der Waals surface area contributed by atoms with Gasteiger partial charge in [-0.2, -0.15) is 0 Å². The number of benzene rings is 2. The van der Waals surface area contributed by atoms with Crippen LogP contribution in [0.5, 0.6) is 0 Å². The largest absolute Gasteiger partial charge is 0.340 e. The third-order valence-corrected chi connectivity index (χ3v) is 4.34. The van der Waals surface area contributed by atoms with E-state index in [1.165, 1.54) is 5.56 Å². The molecule has 0 unspecified atom stereocenters. The number of hydrogen-bond acceptors (Lipinski definition) is 1. The van der Waals surface area contributed by atoms with Crippen molar-refractivity contribution >= 4 is 21.8 Å². The maximum absolute atomic E-state index is 13.0. The van der Waals surface area contributed by atoms with Crippen LogP contribution in [-0.4, -0.2) is 4.57 Å². The molecule has 0 saturated carbocycles. The second-order valence-corrected chi connectivity index (χ2v) is 5.91. The minimum atomic E-state index is 0.183. The second kappa shape index (κ2) is 6.35. The van der Waals surface area contributed by atoms with E-state index < -0.39 is 0 Å². The summed E-state index contributed by atoms with van der Waals surface area (Å²) in [4.78, 5) is 13.0. The molecule has 0 amide bonds. The summed E-state index contributed by atoms with van der Waals surface area (Å²) in [5.74, 6) is 0. The van der Waals surface area contributed by atoms with Gasteiger partial charge in [-0.25, -0.2) is 0 Å². The zero-order valence-corrected chi connectivity index (χ0v) is 13.4. The van der Waals surface area contributed by atoms with Gasteiger partial charge in [0.15, 0.2) is 5.43 Å². The highest BCUT2D eigenvalue weighted by Crippen LogP contribution is 2.23. The molecule has 2 aromatic carbocycles. The second-order valence-electron chi connectivity index (χ2n) is 5.91. The molecule has 0 aliphatic rings. The van der Waals surface area contributed by atoms with E-state index in [1.807, 2.05) is 18.2 Å². The number of nitrogens with zero attached hydrogens (tertiary/aromatic N) is 1. The summed E-state index contributed by atoms with van der Waals surface area (Å²) >= 11 is 0. The minimum absolute atomic E-state index is 0.183. The van der Waals surface area contributed by atoms with Crippen molar-refractivity contribution in [2.24, 2.45) is 0 Å². The molecule has 1 aromatic heterocycles. The Labute approximate surface area is 131 Å². The first-order valence-electron chi connectivity index (χ1n) is 8.31. The summed E-state index contributed by atoms with van der Waals surface area (Å²) in [6.45, 7) is 5.33. The molecule has 3 rings (SSSR count). The van der Waals surface area contributed by atoms with E-state index in [-0.39, 0.29) is 5.43 Å². The van der Waals surface area contributed by atoms with Crippen LogP contribution in [-0.2, 0) is 13.0 Å².